The zero-order valence-corrected chi connectivity index (χ0v) is 19.6. The maximum Gasteiger partial charge on any atom is 0.295 e. The van der Waals surface area contributed by atoms with Gasteiger partial charge in [-0.05, 0) is 24.6 Å². The number of alkyl halides is 2. The van der Waals surface area contributed by atoms with E-state index in [1.807, 2.05) is 18.2 Å². The van der Waals surface area contributed by atoms with Gasteiger partial charge in [0.1, 0.15) is 5.02 Å². The highest BCUT2D eigenvalue weighted by Crippen LogP contribution is 2.36. The van der Waals surface area contributed by atoms with Gasteiger partial charge in [0.25, 0.3) is 11.5 Å². The smallest absolute Gasteiger partial charge is 0.295 e. The number of rotatable bonds is 3. The summed E-state index contributed by atoms with van der Waals surface area (Å²) in [6, 6.07) is 5.57. The first-order chi connectivity index (χ1) is 16.2. The van der Waals surface area contributed by atoms with Crippen LogP contribution in [0.2, 0.25) is 5.02 Å². The molecule has 0 amide bonds. The Hall–Kier alpha value is -3.14. The fourth-order valence-electron chi connectivity index (χ4n) is 4.37. The van der Waals surface area contributed by atoms with Crippen LogP contribution in [0.1, 0.15) is 19.8 Å². The van der Waals surface area contributed by atoms with E-state index in [4.69, 9.17) is 16.3 Å². The second-order valence-electron chi connectivity index (χ2n) is 8.78. The van der Waals surface area contributed by atoms with E-state index in [0.717, 1.165) is 17.3 Å². The molecule has 1 unspecified atom stereocenters. The molecule has 180 valence electrons. The molecule has 8 nitrogen and oxygen atoms in total. The van der Waals surface area contributed by atoms with Crippen LogP contribution in [0.4, 0.5) is 31.9 Å². The van der Waals surface area contributed by atoms with Crippen molar-refractivity contribution < 1.29 is 13.5 Å². The lowest BCUT2D eigenvalue weighted by molar-refractivity contribution is -0.0653. The van der Waals surface area contributed by atoms with E-state index in [-0.39, 0.29) is 25.1 Å². The van der Waals surface area contributed by atoms with Crippen LogP contribution in [0.25, 0.3) is 10.9 Å². The number of nitrogens with zero attached hydrogens (tertiary/aromatic N) is 4. The quantitative estimate of drug-likeness (QED) is 0.563. The Morgan fingerprint density at radius 3 is 2.97 bits per heavy atom. The molecular weight excluding hydrogens is 466 g/mol. The SMILES string of the molecule is CC1CN(c2ncc(Cl)c(Nc3ccc4c(c3)c3c(c(=O)n4C)OCCCN3)n2)CCC1(F)F. The summed E-state index contributed by atoms with van der Waals surface area (Å²) in [4.78, 5) is 23.3. The maximum atomic E-state index is 13.9. The van der Waals surface area contributed by atoms with Gasteiger partial charge in [-0.3, -0.25) is 4.79 Å². The molecule has 1 fully saturated rings. The van der Waals surface area contributed by atoms with E-state index < -0.39 is 11.8 Å². The number of hydrogen-bond donors (Lipinski definition) is 2. The number of fused-ring (bicyclic) bond motifs is 3. The van der Waals surface area contributed by atoms with Crippen LogP contribution < -0.4 is 25.8 Å². The van der Waals surface area contributed by atoms with Gasteiger partial charge >= 0.3 is 0 Å². The number of nitrogens with one attached hydrogen (secondary N) is 2. The molecule has 34 heavy (non-hydrogen) atoms. The second-order valence-corrected chi connectivity index (χ2v) is 9.19. The molecule has 0 radical (unpaired) electrons. The zero-order chi connectivity index (χ0) is 24.0. The lowest BCUT2D eigenvalue weighted by Gasteiger charge is -2.36. The topological polar surface area (TPSA) is 84.3 Å². The molecule has 0 saturated carbocycles. The minimum Gasteiger partial charge on any atom is -0.486 e. The van der Waals surface area contributed by atoms with Crippen LogP contribution in [-0.2, 0) is 7.05 Å². The number of hydrogen-bond acceptors (Lipinski definition) is 7. The van der Waals surface area contributed by atoms with Crippen molar-refractivity contribution in [2.75, 3.05) is 41.8 Å². The summed E-state index contributed by atoms with van der Waals surface area (Å²) in [7, 11) is 1.71. The molecule has 3 aromatic rings. The lowest BCUT2D eigenvalue weighted by Crippen LogP contribution is -2.46. The van der Waals surface area contributed by atoms with E-state index in [9.17, 15) is 13.6 Å². The summed E-state index contributed by atoms with van der Waals surface area (Å²) >= 11 is 6.36. The van der Waals surface area contributed by atoms with Crippen LogP contribution in [-0.4, -0.2) is 46.7 Å². The molecule has 1 saturated heterocycles. The Balaban J connectivity index is 1.49. The van der Waals surface area contributed by atoms with Crippen LogP contribution >= 0.6 is 11.6 Å². The molecule has 5 rings (SSSR count). The Morgan fingerprint density at radius 1 is 1.35 bits per heavy atom. The van der Waals surface area contributed by atoms with Crippen molar-refractivity contribution in [1.82, 2.24) is 14.5 Å². The molecule has 0 bridgehead atoms. The van der Waals surface area contributed by atoms with Crippen LogP contribution in [0.3, 0.4) is 0 Å². The Bertz CT molecular complexity index is 1310. The summed E-state index contributed by atoms with van der Waals surface area (Å²) in [5, 5.41) is 7.66. The predicted octanol–water partition coefficient (Wildman–Crippen LogP) is 4.40. The second kappa shape index (κ2) is 8.57. The molecule has 1 aromatic carbocycles. The minimum atomic E-state index is -2.69. The minimum absolute atomic E-state index is 0.163. The van der Waals surface area contributed by atoms with E-state index in [2.05, 4.69) is 20.6 Å². The average Bonchev–Trinajstić information content (AvgIpc) is 3.07. The Morgan fingerprint density at radius 2 is 2.18 bits per heavy atom. The average molecular weight is 491 g/mol. The van der Waals surface area contributed by atoms with Crippen molar-refractivity contribution in [2.24, 2.45) is 13.0 Å². The number of anilines is 4. The number of pyridine rings is 1. The molecular formula is C23H25ClF2N6O2. The van der Waals surface area contributed by atoms with Gasteiger partial charge in [-0.25, -0.2) is 13.8 Å². The van der Waals surface area contributed by atoms with Gasteiger partial charge in [0.05, 0.1) is 24.0 Å². The summed E-state index contributed by atoms with van der Waals surface area (Å²) in [5.74, 6) is -2.46. The molecule has 2 N–H and O–H groups in total. The zero-order valence-electron chi connectivity index (χ0n) is 18.9. The molecule has 4 heterocycles. The first-order valence-corrected chi connectivity index (χ1v) is 11.6. The van der Waals surface area contributed by atoms with Gasteiger partial charge in [0.15, 0.2) is 5.82 Å². The number of benzene rings is 1. The number of aromatic nitrogens is 3. The van der Waals surface area contributed by atoms with Crippen LogP contribution in [0.5, 0.6) is 5.75 Å². The van der Waals surface area contributed by atoms with Crippen molar-refractivity contribution >= 4 is 45.6 Å². The predicted molar refractivity (Wildman–Crippen MR) is 129 cm³/mol. The standard InChI is InChI=1S/C23H25ClF2N6O2/c1-13-12-32(8-6-23(13,25)26)22-28-11-16(24)20(30-22)29-14-4-5-17-15(10-14)18-19(21(33)31(17)2)34-9-3-7-27-18/h4-5,10-11,13,27H,3,6-9,12H2,1-2H3,(H,28,29,30). The molecule has 1 atom stereocenters. The summed E-state index contributed by atoms with van der Waals surface area (Å²) in [6.07, 6.45) is 2.01. The van der Waals surface area contributed by atoms with Gasteiger partial charge in [-0.2, -0.15) is 4.98 Å². The van der Waals surface area contributed by atoms with Gasteiger partial charge in [-0.1, -0.05) is 18.5 Å². The van der Waals surface area contributed by atoms with Gasteiger partial charge in [0, 0.05) is 50.1 Å². The van der Waals surface area contributed by atoms with Crippen molar-refractivity contribution in [3.05, 3.63) is 39.8 Å². The first kappa shape index (κ1) is 22.6. The fraction of sp³-hybridized carbons (Fsp3) is 0.435. The van der Waals surface area contributed by atoms with E-state index in [0.29, 0.717) is 47.1 Å². The number of piperidine rings is 1. The van der Waals surface area contributed by atoms with E-state index >= 15 is 0 Å². The normalized spacial score (nSPS) is 19.7. The van der Waals surface area contributed by atoms with Crippen molar-refractivity contribution in [3.8, 4) is 5.75 Å². The maximum absolute atomic E-state index is 13.9. The number of halogens is 3. The van der Waals surface area contributed by atoms with Crippen LogP contribution in [0.15, 0.2) is 29.2 Å². The highest BCUT2D eigenvalue weighted by molar-refractivity contribution is 6.32. The largest absolute Gasteiger partial charge is 0.486 e. The molecule has 2 aromatic heterocycles. The highest BCUT2D eigenvalue weighted by atomic mass is 35.5. The van der Waals surface area contributed by atoms with Gasteiger partial charge < -0.3 is 24.8 Å². The van der Waals surface area contributed by atoms with E-state index in [1.54, 1.807) is 16.5 Å². The Kier molecular flexibility index (Phi) is 5.71. The summed E-state index contributed by atoms with van der Waals surface area (Å²) < 4.78 is 35.1. The highest BCUT2D eigenvalue weighted by Gasteiger charge is 2.41. The third kappa shape index (κ3) is 4.00. The third-order valence-corrected chi connectivity index (χ3v) is 6.71. The summed E-state index contributed by atoms with van der Waals surface area (Å²) in [6.45, 7) is 3.03. The van der Waals surface area contributed by atoms with Gasteiger partial charge in [0.2, 0.25) is 11.7 Å². The fourth-order valence-corrected chi connectivity index (χ4v) is 4.51. The van der Waals surface area contributed by atoms with E-state index in [1.165, 1.54) is 13.1 Å². The molecule has 11 heteroatoms. The number of aryl methyl sites for hydroxylation is 1. The van der Waals surface area contributed by atoms with Gasteiger partial charge in [-0.15, -0.1) is 0 Å². The first-order valence-electron chi connectivity index (χ1n) is 11.2. The molecule has 2 aliphatic heterocycles. The Labute approximate surface area is 199 Å². The van der Waals surface area contributed by atoms with Crippen molar-refractivity contribution in [2.45, 2.75) is 25.7 Å². The number of ether oxygens (including phenoxy) is 1. The van der Waals surface area contributed by atoms with Crippen molar-refractivity contribution in [1.29, 1.82) is 0 Å². The molecule has 0 spiro atoms. The van der Waals surface area contributed by atoms with Crippen LogP contribution in [0, 0.1) is 5.92 Å². The third-order valence-electron chi connectivity index (χ3n) is 6.43. The van der Waals surface area contributed by atoms with Crippen molar-refractivity contribution in [3.63, 3.8) is 0 Å². The molecule has 2 aliphatic rings. The molecule has 0 aliphatic carbocycles. The lowest BCUT2D eigenvalue weighted by atomic mass is 9.96. The summed E-state index contributed by atoms with van der Waals surface area (Å²) in [5.41, 5.74) is 1.92. The monoisotopic (exact) mass is 490 g/mol.